The van der Waals surface area contributed by atoms with Crippen LogP contribution in [0.2, 0.25) is 0 Å². The number of rotatable bonds is 5. The highest BCUT2D eigenvalue weighted by Crippen LogP contribution is 2.22. The Morgan fingerprint density at radius 2 is 1.83 bits per heavy atom. The Hall–Kier alpha value is -1.61. The van der Waals surface area contributed by atoms with Gasteiger partial charge >= 0.3 is 0 Å². The Morgan fingerprint density at radius 3 is 2.35 bits per heavy atom. The Morgan fingerprint density at radius 1 is 1.17 bits per heavy atom. The maximum atomic E-state index is 12.2. The predicted molar refractivity (Wildman–Crippen MR) is 98.7 cm³/mol. The zero-order valence-electron chi connectivity index (χ0n) is 12.7. The molecule has 0 fully saturated rings. The van der Waals surface area contributed by atoms with Crippen molar-refractivity contribution in [3.05, 3.63) is 57.2 Å². The molecule has 0 unspecified atom stereocenters. The van der Waals surface area contributed by atoms with Gasteiger partial charge in [0.25, 0.3) is 5.91 Å². The number of hydrogen-bond donors (Lipinski definition) is 1. The van der Waals surface area contributed by atoms with Crippen LogP contribution in [0.5, 0.6) is 5.75 Å². The summed E-state index contributed by atoms with van der Waals surface area (Å²) < 4.78 is 28.5. The molecular formula is C16H16INO4S. The van der Waals surface area contributed by atoms with Crippen molar-refractivity contribution < 1.29 is 17.9 Å². The molecule has 0 aromatic heterocycles. The number of benzene rings is 2. The van der Waals surface area contributed by atoms with Gasteiger partial charge in [-0.3, -0.25) is 4.79 Å². The van der Waals surface area contributed by atoms with Gasteiger partial charge in [-0.15, -0.1) is 0 Å². The van der Waals surface area contributed by atoms with E-state index in [0.29, 0.717) is 22.6 Å². The molecule has 0 saturated carbocycles. The highest BCUT2D eigenvalue weighted by atomic mass is 127. The van der Waals surface area contributed by atoms with Crippen molar-refractivity contribution in [1.82, 2.24) is 0 Å². The molecule has 122 valence electrons. The molecule has 2 aromatic carbocycles. The van der Waals surface area contributed by atoms with Gasteiger partial charge in [-0.1, -0.05) is 12.1 Å². The number of amides is 1. The Kier molecular flexibility index (Phi) is 5.64. The second kappa shape index (κ2) is 7.31. The van der Waals surface area contributed by atoms with Gasteiger partial charge in [0.05, 0.1) is 16.4 Å². The topological polar surface area (TPSA) is 72.5 Å². The number of hydrogen-bond acceptors (Lipinski definition) is 4. The Balaban J connectivity index is 2.09. The normalized spacial score (nSPS) is 11.1. The SMILES string of the molecule is COc1ccc(C(=O)Nc2ccc(CS(C)(=O)=O)cc2)cc1I. The summed E-state index contributed by atoms with van der Waals surface area (Å²) in [5, 5.41) is 2.78. The van der Waals surface area contributed by atoms with Crippen LogP contribution in [0.4, 0.5) is 5.69 Å². The van der Waals surface area contributed by atoms with Crippen molar-refractivity contribution in [2.24, 2.45) is 0 Å². The summed E-state index contributed by atoms with van der Waals surface area (Å²) in [4.78, 5) is 12.2. The minimum Gasteiger partial charge on any atom is -0.496 e. The lowest BCUT2D eigenvalue weighted by Crippen LogP contribution is -2.12. The highest BCUT2D eigenvalue weighted by molar-refractivity contribution is 14.1. The number of methoxy groups -OCH3 is 1. The van der Waals surface area contributed by atoms with Gasteiger partial charge in [0.1, 0.15) is 5.75 Å². The first-order valence-electron chi connectivity index (χ1n) is 6.70. The molecule has 5 nitrogen and oxygen atoms in total. The third-order valence-electron chi connectivity index (χ3n) is 3.05. The zero-order chi connectivity index (χ0) is 17.0. The quantitative estimate of drug-likeness (QED) is 0.719. The number of ether oxygens (including phenoxy) is 1. The van der Waals surface area contributed by atoms with Gasteiger partial charge in [0.15, 0.2) is 9.84 Å². The molecule has 1 amide bonds. The van der Waals surface area contributed by atoms with E-state index in [0.717, 1.165) is 3.57 Å². The van der Waals surface area contributed by atoms with Gasteiger partial charge in [0, 0.05) is 17.5 Å². The lowest BCUT2D eigenvalue weighted by molar-refractivity contribution is 0.102. The molecule has 0 heterocycles. The lowest BCUT2D eigenvalue weighted by atomic mass is 10.2. The molecule has 0 atom stereocenters. The monoisotopic (exact) mass is 445 g/mol. The molecule has 2 aromatic rings. The van der Waals surface area contributed by atoms with Crippen molar-refractivity contribution in [2.75, 3.05) is 18.7 Å². The zero-order valence-corrected chi connectivity index (χ0v) is 15.6. The second-order valence-corrected chi connectivity index (χ2v) is 8.37. The molecule has 23 heavy (non-hydrogen) atoms. The first kappa shape index (κ1) is 17.7. The van der Waals surface area contributed by atoms with Crippen molar-refractivity contribution in [3.63, 3.8) is 0 Å². The fraction of sp³-hybridized carbons (Fsp3) is 0.188. The molecule has 0 aliphatic rings. The predicted octanol–water partition coefficient (Wildman–Crippen LogP) is 3.10. The van der Waals surface area contributed by atoms with Crippen molar-refractivity contribution in [1.29, 1.82) is 0 Å². The van der Waals surface area contributed by atoms with E-state index in [4.69, 9.17) is 4.74 Å². The molecule has 0 saturated heterocycles. The summed E-state index contributed by atoms with van der Waals surface area (Å²) in [6.45, 7) is 0. The van der Waals surface area contributed by atoms with Gasteiger partial charge < -0.3 is 10.1 Å². The molecular weight excluding hydrogens is 429 g/mol. The Labute approximate surface area is 149 Å². The lowest BCUT2D eigenvalue weighted by Gasteiger charge is -2.08. The number of carbonyl (C=O) groups is 1. The fourth-order valence-corrected chi connectivity index (χ4v) is 3.53. The van der Waals surface area contributed by atoms with Crippen LogP contribution in [0.1, 0.15) is 15.9 Å². The number of halogens is 1. The third kappa shape index (κ3) is 5.21. The summed E-state index contributed by atoms with van der Waals surface area (Å²) in [5.41, 5.74) is 1.82. The van der Waals surface area contributed by atoms with Gasteiger partial charge in [-0.2, -0.15) is 0 Å². The van der Waals surface area contributed by atoms with E-state index in [9.17, 15) is 13.2 Å². The smallest absolute Gasteiger partial charge is 0.255 e. The number of anilines is 1. The maximum absolute atomic E-state index is 12.2. The van der Waals surface area contributed by atoms with Crippen LogP contribution in [0.15, 0.2) is 42.5 Å². The van der Waals surface area contributed by atoms with Crippen LogP contribution in [0, 0.1) is 3.57 Å². The van der Waals surface area contributed by atoms with E-state index in [1.54, 1.807) is 49.6 Å². The van der Waals surface area contributed by atoms with E-state index >= 15 is 0 Å². The molecule has 0 radical (unpaired) electrons. The third-order valence-corrected chi connectivity index (χ3v) is 4.76. The van der Waals surface area contributed by atoms with Crippen molar-refractivity contribution in [2.45, 2.75) is 5.75 Å². The molecule has 0 aliphatic heterocycles. The maximum Gasteiger partial charge on any atom is 0.255 e. The number of sulfone groups is 1. The van der Waals surface area contributed by atoms with E-state index < -0.39 is 9.84 Å². The molecule has 0 spiro atoms. The molecule has 7 heteroatoms. The fourth-order valence-electron chi connectivity index (χ4n) is 2.00. The van der Waals surface area contributed by atoms with Crippen molar-refractivity contribution in [3.8, 4) is 5.75 Å². The minimum absolute atomic E-state index is 0.0160. The summed E-state index contributed by atoms with van der Waals surface area (Å²) in [6, 6.07) is 11.9. The van der Waals surface area contributed by atoms with Gasteiger partial charge in [-0.25, -0.2) is 8.42 Å². The first-order valence-corrected chi connectivity index (χ1v) is 9.84. The summed E-state index contributed by atoms with van der Waals surface area (Å²) in [7, 11) is -1.49. The van der Waals surface area contributed by atoms with E-state index in [2.05, 4.69) is 27.9 Å². The van der Waals surface area contributed by atoms with Crippen LogP contribution in [0.25, 0.3) is 0 Å². The van der Waals surface area contributed by atoms with Crippen LogP contribution in [0.3, 0.4) is 0 Å². The molecule has 2 rings (SSSR count). The van der Waals surface area contributed by atoms with Crippen molar-refractivity contribution >= 4 is 44.0 Å². The molecule has 1 N–H and O–H groups in total. The van der Waals surface area contributed by atoms with Crippen LogP contribution in [-0.4, -0.2) is 27.7 Å². The number of carbonyl (C=O) groups excluding carboxylic acids is 1. The summed E-state index contributed by atoms with van der Waals surface area (Å²) >= 11 is 2.11. The van der Waals surface area contributed by atoms with E-state index in [-0.39, 0.29) is 11.7 Å². The summed E-state index contributed by atoms with van der Waals surface area (Å²) in [5.74, 6) is 0.464. The average Bonchev–Trinajstić information content (AvgIpc) is 2.47. The Bertz CT molecular complexity index is 816. The van der Waals surface area contributed by atoms with Crippen LogP contribution >= 0.6 is 22.6 Å². The average molecular weight is 445 g/mol. The highest BCUT2D eigenvalue weighted by Gasteiger charge is 2.10. The number of nitrogens with one attached hydrogen (secondary N) is 1. The van der Waals surface area contributed by atoms with Gasteiger partial charge in [0.2, 0.25) is 0 Å². The van der Waals surface area contributed by atoms with E-state index in [1.807, 2.05) is 0 Å². The first-order chi connectivity index (χ1) is 10.8. The van der Waals surface area contributed by atoms with Crippen LogP contribution in [-0.2, 0) is 15.6 Å². The molecule has 0 aliphatic carbocycles. The summed E-state index contributed by atoms with van der Waals surface area (Å²) in [6.07, 6.45) is 1.19. The van der Waals surface area contributed by atoms with E-state index in [1.165, 1.54) is 6.26 Å². The second-order valence-electron chi connectivity index (χ2n) is 5.07. The molecule has 0 bridgehead atoms. The standard InChI is InChI=1S/C16H16INO4S/c1-22-15-8-5-12(9-14(15)17)16(19)18-13-6-3-11(4-7-13)10-23(2,20)21/h3-9H,10H2,1-2H3,(H,18,19). The largest absolute Gasteiger partial charge is 0.496 e. The minimum atomic E-state index is -3.07. The van der Waals surface area contributed by atoms with Crippen LogP contribution < -0.4 is 10.1 Å². The van der Waals surface area contributed by atoms with Gasteiger partial charge in [-0.05, 0) is 58.5 Å².